The van der Waals surface area contributed by atoms with Crippen LogP contribution in [0.1, 0.15) is 33.6 Å². The van der Waals surface area contributed by atoms with Gasteiger partial charge in [-0.3, -0.25) is 0 Å². The summed E-state index contributed by atoms with van der Waals surface area (Å²) in [4.78, 5) is 0. The predicted octanol–water partition coefficient (Wildman–Crippen LogP) is 7.52. The molecule has 3 aromatic rings. The molecular formula is C27H20O. The number of benzene rings is 3. The third-order valence-electron chi connectivity index (χ3n) is 6.44. The smallest absolute Gasteiger partial charge is 0.143 e. The van der Waals surface area contributed by atoms with Crippen molar-refractivity contribution in [2.24, 2.45) is 0 Å². The first kappa shape index (κ1) is 15.7. The highest BCUT2D eigenvalue weighted by Crippen LogP contribution is 2.50. The molecule has 0 aromatic heterocycles. The average Bonchev–Trinajstić information content (AvgIpc) is 3.23. The topological polar surface area (TPSA) is 13.1 Å². The van der Waals surface area contributed by atoms with E-state index in [1.807, 2.05) is 0 Å². The van der Waals surface area contributed by atoms with E-state index in [-0.39, 0.29) is 0 Å². The van der Waals surface area contributed by atoms with Crippen LogP contribution in [0.2, 0.25) is 0 Å². The maximum atomic E-state index is 6.46. The van der Waals surface area contributed by atoms with Crippen LogP contribution in [0.25, 0.3) is 44.5 Å². The van der Waals surface area contributed by atoms with Crippen LogP contribution in [0.4, 0.5) is 0 Å². The minimum Gasteiger partial charge on any atom is -0.460 e. The van der Waals surface area contributed by atoms with Crippen LogP contribution in [-0.2, 0) is 0 Å². The van der Waals surface area contributed by atoms with E-state index in [2.05, 4.69) is 87.5 Å². The normalized spacial score (nSPS) is 13.0. The summed E-state index contributed by atoms with van der Waals surface area (Å²) in [7, 11) is 0. The lowest BCUT2D eigenvalue weighted by Gasteiger charge is -2.13. The zero-order valence-electron chi connectivity index (χ0n) is 16.3. The molecule has 1 heterocycles. The molecule has 3 aliphatic rings. The fraction of sp³-hybridized carbons (Fsp3) is 0.111. The monoisotopic (exact) mass is 360 g/mol. The fourth-order valence-electron chi connectivity index (χ4n) is 4.87. The average molecular weight is 360 g/mol. The van der Waals surface area contributed by atoms with E-state index in [4.69, 9.17) is 4.42 Å². The van der Waals surface area contributed by atoms with Crippen molar-refractivity contribution >= 4 is 33.2 Å². The zero-order chi connectivity index (χ0) is 19.0. The van der Waals surface area contributed by atoms with Gasteiger partial charge in [0.25, 0.3) is 0 Å². The molecule has 0 unspecified atom stereocenters. The van der Waals surface area contributed by atoms with Crippen molar-refractivity contribution in [2.75, 3.05) is 0 Å². The summed E-state index contributed by atoms with van der Waals surface area (Å²) in [5.41, 5.74) is 8.89. The Balaban J connectivity index is 1.78. The second-order valence-electron chi connectivity index (χ2n) is 7.84. The largest absolute Gasteiger partial charge is 0.460 e. The Morgan fingerprint density at radius 1 is 0.679 bits per heavy atom. The van der Waals surface area contributed by atoms with Gasteiger partial charge >= 0.3 is 0 Å². The van der Waals surface area contributed by atoms with Crippen LogP contribution in [0.5, 0.6) is 0 Å². The van der Waals surface area contributed by atoms with Gasteiger partial charge in [-0.2, -0.15) is 0 Å². The molecule has 1 aliphatic heterocycles. The summed E-state index contributed by atoms with van der Waals surface area (Å²) in [5.74, 6) is 2.01. The van der Waals surface area contributed by atoms with Gasteiger partial charge in [-0.1, -0.05) is 60.7 Å². The highest BCUT2D eigenvalue weighted by atomic mass is 16.3. The molecule has 0 atom stereocenters. The highest BCUT2D eigenvalue weighted by Gasteiger charge is 2.29. The third kappa shape index (κ3) is 1.86. The molecule has 0 N–H and O–H groups in total. The fourth-order valence-corrected chi connectivity index (χ4v) is 4.87. The molecule has 0 amide bonds. The molecule has 0 spiro atoms. The number of aryl methyl sites for hydroxylation is 1. The molecule has 0 fully saturated rings. The summed E-state index contributed by atoms with van der Waals surface area (Å²) in [6, 6.07) is 21.9. The predicted molar refractivity (Wildman–Crippen MR) is 118 cm³/mol. The number of hydrogen-bond acceptors (Lipinski definition) is 1. The van der Waals surface area contributed by atoms with Gasteiger partial charge in [-0.25, -0.2) is 0 Å². The Kier molecular flexibility index (Phi) is 3.01. The molecule has 3 aromatic carbocycles. The minimum atomic E-state index is 0.996. The summed E-state index contributed by atoms with van der Waals surface area (Å²) in [5, 5.41) is 5.19. The van der Waals surface area contributed by atoms with E-state index in [9.17, 15) is 0 Å². The summed E-state index contributed by atoms with van der Waals surface area (Å²) in [6.07, 6.45) is 2.33. The quantitative estimate of drug-likeness (QED) is 0.295. The number of hydrogen-bond donors (Lipinski definition) is 0. The Morgan fingerprint density at radius 2 is 1.39 bits per heavy atom. The summed E-state index contributed by atoms with van der Waals surface area (Å²) >= 11 is 0. The molecule has 0 saturated carbocycles. The van der Waals surface area contributed by atoms with Crippen LogP contribution < -0.4 is 0 Å². The zero-order valence-corrected chi connectivity index (χ0v) is 16.3. The maximum Gasteiger partial charge on any atom is 0.143 e. The first-order valence-electron chi connectivity index (χ1n) is 9.80. The molecule has 6 rings (SSSR count). The van der Waals surface area contributed by atoms with Crippen molar-refractivity contribution in [2.45, 2.75) is 20.8 Å². The minimum absolute atomic E-state index is 0.996. The molecule has 0 bridgehead atoms. The lowest BCUT2D eigenvalue weighted by Crippen LogP contribution is -1.93. The summed E-state index contributed by atoms with van der Waals surface area (Å²) < 4.78 is 6.46. The lowest BCUT2D eigenvalue weighted by molar-refractivity contribution is 0.525. The van der Waals surface area contributed by atoms with Crippen molar-refractivity contribution < 1.29 is 4.42 Å². The van der Waals surface area contributed by atoms with Gasteiger partial charge in [0.15, 0.2) is 0 Å². The maximum absolute atomic E-state index is 6.46. The second-order valence-corrected chi connectivity index (χ2v) is 7.84. The van der Waals surface area contributed by atoms with E-state index < -0.39 is 0 Å². The number of rotatable bonds is 1. The van der Waals surface area contributed by atoms with Crippen molar-refractivity contribution in [3.8, 4) is 11.3 Å². The van der Waals surface area contributed by atoms with Crippen molar-refractivity contribution in [1.29, 1.82) is 0 Å². The van der Waals surface area contributed by atoms with Crippen molar-refractivity contribution in [1.82, 2.24) is 0 Å². The lowest BCUT2D eigenvalue weighted by atomic mass is 9.96. The van der Waals surface area contributed by atoms with Gasteiger partial charge in [0, 0.05) is 11.1 Å². The standard InChI is InChI=1S/C27H20O/c1-15-16(2)24-20-11-4-5-12-21(20)26(27(24)28-17(15)3)23-14-19-10-6-8-18-9-7-13-22(23)25(18)19/h4-14H,1-3H3. The Morgan fingerprint density at radius 3 is 2.18 bits per heavy atom. The molecule has 28 heavy (non-hydrogen) atoms. The third-order valence-corrected chi connectivity index (χ3v) is 6.44. The van der Waals surface area contributed by atoms with Crippen LogP contribution in [0, 0.1) is 20.8 Å². The van der Waals surface area contributed by atoms with Gasteiger partial charge in [0.2, 0.25) is 0 Å². The molecule has 1 heteroatoms. The van der Waals surface area contributed by atoms with E-state index in [1.54, 1.807) is 0 Å². The van der Waals surface area contributed by atoms with E-state index in [1.165, 1.54) is 60.5 Å². The van der Waals surface area contributed by atoms with Crippen molar-refractivity contribution in [3.05, 3.63) is 94.2 Å². The molecule has 0 radical (unpaired) electrons. The Bertz CT molecular complexity index is 1420. The van der Waals surface area contributed by atoms with E-state index in [0.29, 0.717) is 0 Å². The van der Waals surface area contributed by atoms with E-state index >= 15 is 0 Å². The van der Waals surface area contributed by atoms with Gasteiger partial charge < -0.3 is 4.42 Å². The van der Waals surface area contributed by atoms with Gasteiger partial charge in [-0.15, -0.1) is 0 Å². The van der Waals surface area contributed by atoms with Gasteiger partial charge in [0.1, 0.15) is 11.5 Å². The SMILES string of the molecule is Cc1oc2c(C3=Cc4cccc5cccc3c45)c3ccccc3c-2c(C)c1C. The molecule has 134 valence electrons. The first-order chi connectivity index (χ1) is 13.6. The molecule has 1 nitrogen and oxygen atoms in total. The van der Waals surface area contributed by atoms with Crippen LogP contribution >= 0.6 is 0 Å². The summed E-state index contributed by atoms with van der Waals surface area (Å²) in [6.45, 7) is 6.44. The number of fused-ring (bicyclic) bond motifs is 3. The van der Waals surface area contributed by atoms with Crippen LogP contribution in [0.3, 0.4) is 0 Å². The molecular weight excluding hydrogens is 340 g/mol. The highest BCUT2D eigenvalue weighted by molar-refractivity contribution is 6.21. The Labute approximate surface area is 164 Å². The van der Waals surface area contributed by atoms with Gasteiger partial charge in [0.05, 0.1) is 0 Å². The Hall–Kier alpha value is -3.32. The molecule has 2 aliphatic carbocycles. The second kappa shape index (κ2) is 5.36. The molecule has 0 saturated heterocycles. The van der Waals surface area contributed by atoms with Gasteiger partial charge in [-0.05, 0) is 76.2 Å². The van der Waals surface area contributed by atoms with Crippen LogP contribution in [0.15, 0.2) is 65.1 Å². The van der Waals surface area contributed by atoms with Crippen molar-refractivity contribution in [3.63, 3.8) is 0 Å². The first-order valence-corrected chi connectivity index (χ1v) is 9.80. The van der Waals surface area contributed by atoms with E-state index in [0.717, 1.165) is 11.5 Å². The van der Waals surface area contributed by atoms with Crippen LogP contribution in [-0.4, -0.2) is 0 Å².